The molecule has 168 valence electrons. The molecule has 2 aromatic rings. The molecule has 0 spiro atoms. The number of rotatable bonds is 10. The first-order chi connectivity index (χ1) is 15.1. The van der Waals surface area contributed by atoms with Crippen molar-refractivity contribution in [2.45, 2.75) is 32.7 Å². The number of carbonyl (C=O) groups excluding carboxylic acids is 1. The van der Waals surface area contributed by atoms with Gasteiger partial charge in [-0.1, -0.05) is 18.2 Å². The maximum Gasteiger partial charge on any atom is 0.223 e. The number of methoxy groups -OCH3 is 2. The molecule has 1 saturated heterocycles. The van der Waals surface area contributed by atoms with Gasteiger partial charge in [0.2, 0.25) is 5.91 Å². The average molecular weight is 427 g/mol. The van der Waals surface area contributed by atoms with Crippen LogP contribution in [-0.4, -0.2) is 51.3 Å². The first kappa shape index (κ1) is 22.9. The summed E-state index contributed by atoms with van der Waals surface area (Å²) in [5, 5.41) is 3.11. The third kappa shape index (κ3) is 6.62. The molecule has 3 rings (SSSR count). The van der Waals surface area contributed by atoms with Crippen LogP contribution in [0.25, 0.3) is 0 Å². The van der Waals surface area contributed by atoms with Gasteiger partial charge in [-0.3, -0.25) is 9.69 Å². The molecule has 0 unspecified atom stereocenters. The Morgan fingerprint density at radius 2 is 1.68 bits per heavy atom. The van der Waals surface area contributed by atoms with E-state index in [1.54, 1.807) is 14.2 Å². The van der Waals surface area contributed by atoms with Crippen LogP contribution in [0.2, 0.25) is 0 Å². The second-order valence-corrected chi connectivity index (χ2v) is 7.86. The zero-order valence-corrected chi connectivity index (χ0v) is 18.9. The number of benzene rings is 2. The Labute approximate surface area is 185 Å². The van der Waals surface area contributed by atoms with Crippen molar-refractivity contribution in [1.29, 1.82) is 0 Å². The second-order valence-electron chi connectivity index (χ2n) is 7.86. The van der Waals surface area contributed by atoms with Crippen LogP contribution in [0.3, 0.4) is 0 Å². The minimum Gasteiger partial charge on any atom is -0.494 e. The first-order valence-electron chi connectivity index (χ1n) is 11.1. The number of hydrogen-bond acceptors (Lipinski definition) is 5. The fraction of sp³-hybridized carbons (Fsp3) is 0.480. The Morgan fingerprint density at radius 3 is 2.32 bits per heavy atom. The number of nitrogens with one attached hydrogen (secondary N) is 1. The molecule has 6 nitrogen and oxygen atoms in total. The minimum atomic E-state index is 0.0991. The molecule has 0 aliphatic carbocycles. The van der Waals surface area contributed by atoms with Gasteiger partial charge in [0.25, 0.3) is 0 Å². The zero-order valence-electron chi connectivity index (χ0n) is 18.9. The van der Waals surface area contributed by atoms with Crippen LogP contribution in [0.1, 0.15) is 30.9 Å². The number of carbonyl (C=O) groups is 1. The van der Waals surface area contributed by atoms with Crippen molar-refractivity contribution in [3.05, 3.63) is 53.6 Å². The standard InChI is InChI=1S/C25H34N2O4/c1-4-31-22-8-5-20(6-9-22)18-27-15-12-21(13-16-27)25(28)26-14-11-19-7-10-23(29-2)24(17-19)30-3/h5-10,17,21H,4,11-16,18H2,1-3H3,(H,26,28). The van der Waals surface area contributed by atoms with E-state index in [-0.39, 0.29) is 11.8 Å². The van der Waals surface area contributed by atoms with Gasteiger partial charge in [-0.05, 0) is 74.7 Å². The van der Waals surface area contributed by atoms with Crippen molar-refractivity contribution in [2.24, 2.45) is 5.92 Å². The summed E-state index contributed by atoms with van der Waals surface area (Å²) >= 11 is 0. The van der Waals surface area contributed by atoms with E-state index >= 15 is 0 Å². The summed E-state index contributed by atoms with van der Waals surface area (Å²) in [4.78, 5) is 15.0. The van der Waals surface area contributed by atoms with Crippen molar-refractivity contribution in [3.8, 4) is 17.2 Å². The van der Waals surface area contributed by atoms with E-state index < -0.39 is 0 Å². The third-order valence-electron chi connectivity index (χ3n) is 5.76. The number of hydrogen-bond donors (Lipinski definition) is 1. The molecule has 31 heavy (non-hydrogen) atoms. The van der Waals surface area contributed by atoms with Crippen LogP contribution in [-0.2, 0) is 17.8 Å². The van der Waals surface area contributed by atoms with E-state index in [1.807, 2.05) is 37.3 Å². The number of nitrogens with zero attached hydrogens (tertiary/aromatic N) is 1. The summed E-state index contributed by atoms with van der Waals surface area (Å²) in [7, 11) is 3.26. The molecule has 0 atom stereocenters. The number of piperidine rings is 1. The van der Waals surface area contributed by atoms with Gasteiger partial charge in [0.1, 0.15) is 5.75 Å². The number of likely N-dealkylation sites (tertiary alicyclic amines) is 1. The Bertz CT molecular complexity index is 830. The summed E-state index contributed by atoms with van der Waals surface area (Å²) in [6, 6.07) is 14.2. The van der Waals surface area contributed by atoms with Gasteiger partial charge in [0.05, 0.1) is 20.8 Å². The van der Waals surface area contributed by atoms with Crippen molar-refractivity contribution in [1.82, 2.24) is 10.2 Å². The predicted molar refractivity (Wildman–Crippen MR) is 122 cm³/mol. The van der Waals surface area contributed by atoms with Gasteiger partial charge in [-0.25, -0.2) is 0 Å². The molecular weight excluding hydrogens is 392 g/mol. The Kier molecular flexibility index (Phi) is 8.59. The van der Waals surface area contributed by atoms with Crippen LogP contribution in [0.4, 0.5) is 0 Å². The lowest BCUT2D eigenvalue weighted by Crippen LogP contribution is -2.40. The minimum absolute atomic E-state index is 0.0991. The van der Waals surface area contributed by atoms with Crippen LogP contribution in [0, 0.1) is 5.92 Å². The molecule has 1 aliphatic heterocycles. The fourth-order valence-electron chi connectivity index (χ4n) is 3.98. The third-order valence-corrected chi connectivity index (χ3v) is 5.76. The molecule has 1 fully saturated rings. The van der Waals surface area contributed by atoms with Gasteiger partial charge in [0.15, 0.2) is 11.5 Å². The van der Waals surface area contributed by atoms with Gasteiger partial charge in [0, 0.05) is 19.0 Å². The summed E-state index contributed by atoms with van der Waals surface area (Å²) in [6.45, 7) is 6.11. The second kappa shape index (κ2) is 11.6. The van der Waals surface area contributed by atoms with Gasteiger partial charge >= 0.3 is 0 Å². The molecule has 1 N–H and O–H groups in total. The topological polar surface area (TPSA) is 60.0 Å². The largest absolute Gasteiger partial charge is 0.494 e. The average Bonchev–Trinajstić information content (AvgIpc) is 2.81. The highest BCUT2D eigenvalue weighted by Gasteiger charge is 2.24. The van der Waals surface area contributed by atoms with Gasteiger partial charge < -0.3 is 19.5 Å². The fourth-order valence-corrected chi connectivity index (χ4v) is 3.98. The monoisotopic (exact) mass is 426 g/mol. The normalized spacial score (nSPS) is 14.8. The molecule has 0 aromatic heterocycles. The highest BCUT2D eigenvalue weighted by Crippen LogP contribution is 2.27. The lowest BCUT2D eigenvalue weighted by atomic mass is 9.95. The van der Waals surface area contributed by atoms with Crippen molar-refractivity contribution >= 4 is 5.91 Å². The van der Waals surface area contributed by atoms with Crippen molar-refractivity contribution in [2.75, 3.05) is 40.5 Å². The molecule has 0 bridgehead atoms. The summed E-state index contributed by atoms with van der Waals surface area (Å²) in [5.74, 6) is 2.61. The van der Waals surface area contributed by atoms with Gasteiger partial charge in [-0.2, -0.15) is 0 Å². The predicted octanol–water partition coefficient (Wildman–Crippen LogP) is 3.67. The Balaban J connectivity index is 1.39. The van der Waals surface area contributed by atoms with Crippen molar-refractivity contribution < 1.29 is 19.0 Å². The van der Waals surface area contributed by atoms with E-state index in [4.69, 9.17) is 14.2 Å². The van der Waals surface area contributed by atoms with E-state index in [0.29, 0.717) is 24.7 Å². The smallest absolute Gasteiger partial charge is 0.223 e. The number of ether oxygens (including phenoxy) is 3. The van der Waals surface area contributed by atoms with Gasteiger partial charge in [-0.15, -0.1) is 0 Å². The lowest BCUT2D eigenvalue weighted by Gasteiger charge is -2.31. The highest BCUT2D eigenvalue weighted by molar-refractivity contribution is 5.78. The molecule has 0 radical (unpaired) electrons. The molecule has 1 amide bonds. The highest BCUT2D eigenvalue weighted by atomic mass is 16.5. The Morgan fingerprint density at radius 1 is 1.00 bits per heavy atom. The molecule has 1 aliphatic rings. The quantitative estimate of drug-likeness (QED) is 0.628. The molecule has 0 saturated carbocycles. The van der Waals surface area contributed by atoms with E-state index in [0.717, 1.165) is 50.2 Å². The maximum atomic E-state index is 12.6. The summed E-state index contributed by atoms with van der Waals surface area (Å²) in [6.07, 6.45) is 2.57. The number of amides is 1. The molecule has 6 heteroatoms. The van der Waals surface area contributed by atoms with Crippen LogP contribution in [0.15, 0.2) is 42.5 Å². The maximum absolute atomic E-state index is 12.6. The van der Waals surface area contributed by atoms with Crippen LogP contribution in [0.5, 0.6) is 17.2 Å². The van der Waals surface area contributed by atoms with E-state index in [1.165, 1.54) is 5.56 Å². The van der Waals surface area contributed by atoms with Crippen LogP contribution < -0.4 is 19.5 Å². The van der Waals surface area contributed by atoms with E-state index in [2.05, 4.69) is 22.3 Å². The molecule has 1 heterocycles. The van der Waals surface area contributed by atoms with E-state index in [9.17, 15) is 4.79 Å². The SMILES string of the molecule is CCOc1ccc(CN2CCC(C(=O)NCCc3ccc(OC)c(OC)c3)CC2)cc1. The Hall–Kier alpha value is -2.73. The lowest BCUT2D eigenvalue weighted by molar-refractivity contribution is -0.126. The zero-order chi connectivity index (χ0) is 22.1. The molecular formula is C25H34N2O4. The summed E-state index contributed by atoms with van der Waals surface area (Å²) in [5.41, 5.74) is 2.39. The van der Waals surface area contributed by atoms with Crippen LogP contribution >= 0.6 is 0 Å². The van der Waals surface area contributed by atoms with Crippen molar-refractivity contribution in [3.63, 3.8) is 0 Å². The summed E-state index contributed by atoms with van der Waals surface area (Å²) < 4.78 is 16.1. The first-order valence-corrected chi connectivity index (χ1v) is 11.1. The molecule has 2 aromatic carbocycles.